The fourth-order valence-corrected chi connectivity index (χ4v) is 5.21. The van der Waals surface area contributed by atoms with E-state index in [2.05, 4.69) is 19.9 Å². The molecule has 1 aromatic carbocycles. The molecule has 2 aromatic heterocycles. The van der Waals surface area contributed by atoms with Crippen LogP contribution in [0.25, 0.3) is 5.82 Å². The van der Waals surface area contributed by atoms with Crippen LogP contribution in [0.4, 0.5) is 5.82 Å². The molecule has 0 N–H and O–H groups in total. The minimum Gasteiger partial charge on any atom is -0.495 e. The Hall–Kier alpha value is -2.69. The first-order valence-corrected chi connectivity index (χ1v) is 11.1. The van der Waals surface area contributed by atoms with Crippen LogP contribution in [0.1, 0.15) is 5.82 Å². The van der Waals surface area contributed by atoms with Gasteiger partial charge in [0, 0.05) is 49.7 Å². The first-order valence-electron chi connectivity index (χ1n) is 9.31. The highest BCUT2D eigenvalue weighted by molar-refractivity contribution is 7.89. The van der Waals surface area contributed by atoms with E-state index >= 15 is 0 Å². The number of halogens is 1. The summed E-state index contributed by atoms with van der Waals surface area (Å²) in [7, 11) is -2.29. The predicted octanol–water partition coefficient (Wildman–Crippen LogP) is 2.14. The van der Waals surface area contributed by atoms with Gasteiger partial charge in [0.05, 0.1) is 7.11 Å². The number of piperazine rings is 1. The summed E-state index contributed by atoms with van der Waals surface area (Å²) < 4.78 is 34.8. The van der Waals surface area contributed by atoms with E-state index in [9.17, 15) is 8.42 Å². The third-order valence-electron chi connectivity index (χ3n) is 4.89. The van der Waals surface area contributed by atoms with Gasteiger partial charge in [-0.1, -0.05) is 11.6 Å². The average Bonchev–Trinajstić information content (AvgIpc) is 3.28. The molecular formula is C19H21ClN6O3S. The Labute approximate surface area is 180 Å². The number of hydrogen-bond donors (Lipinski definition) is 0. The first-order chi connectivity index (χ1) is 14.4. The van der Waals surface area contributed by atoms with Crippen molar-refractivity contribution < 1.29 is 13.2 Å². The van der Waals surface area contributed by atoms with Crippen molar-refractivity contribution in [1.29, 1.82) is 0 Å². The predicted molar refractivity (Wildman–Crippen MR) is 113 cm³/mol. The molecular weight excluding hydrogens is 428 g/mol. The maximum absolute atomic E-state index is 13.2. The number of hydrogen-bond acceptors (Lipinski definition) is 7. The van der Waals surface area contributed by atoms with Crippen molar-refractivity contribution >= 4 is 27.4 Å². The van der Waals surface area contributed by atoms with E-state index in [-0.39, 0.29) is 10.6 Å². The zero-order valence-corrected chi connectivity index (χ0v) is 18.1. The van der Waals surface area contributed by atoms with Gasteiger partial charge in [-0.05, 0) is 25.1 Å². The van der Waals surface area contributed by atoms with Gasteiger partial charge < -0.3 is 9.64 Å². The van der Waals surface area contributed by atoms with Crippen LogP contribution in [0.3, 0.4) is 0 Å². The fraction of sp³-hybridized carbons (Fsp3) is 0.316. The lowest BCUT2D eigenvalue weighted by Gasteiger charge is -2.35. The molecule has 0 unspecified atom stereocenters. The Morgan fingerprint density at radius 2 is 1.80 bits per heavy atom. The van der Waals surface area contributed by atoms with Gasteiger partial charge in [0.25, 0.3) is 0 Å². The Bertz CT molecular complexity index is 1150. The number of anilines is 1. The topological polar surface area (TPSA) is 93.5 Å². The highest BCUT2D eigenvalue weighted by Crippen LogP contribution is 2.30. The molecule has 0 spiro atoms. The van der Waals surface area contributed by atoms with E-state index in [1.54, 1.807) is 24.7 Å². The van der Waals surface area contributed by atoms with Crippen LogP contribution in [-0.2, 0) is 10.0 Å². The van der Waals surface area contributed by atoms with Gasteiger partial charge >= 0.3 is 0 Å². The Kier molecular flexibility index (Phi) is 5.63. The first kappa shape index (κ1) is 20.6. The third kappa shape index (κ3) is 3.98. The fourth-order valence-electron chi connectivity index (χ4n) is 3.37. The summed E-state index contributed by atoms with van der Waals surface area (Å²) in [4.78, 5) is 15.2. The van der Waals surface area contributed by atoms with E-state index < -0.39 is 10.0 Å². The SMILES string of the molecule is COc1ccc(Cl)cc1S(=O)(=O)N1CCN(c2cc(-n3ccnc3)nc(C)n2)CC1. The number of sulfonamides is 1. The minimum atomic E-state index is -3.73. The van der Waals surface area contributed by atoms with E-state index in [1.165, 1.54) is 17.5 Å². The summed E-state index contributed by atoms with van der Waals surface area (Å²) in [6.45, 7) is 3.48. The largest absolute Gasteiger partial charge is 0.495 e. The maximum Gasteiger partial charge on any atom is 0.246 e. The summed E-state index contributed by atoms with van der Waals surface area (Å²) >= 11 is 6.03. The van der Waals surface area contributed by atoms with E-state index in [4.69, 9.17) is 16.3 Å². The number of rotatable bonds is 5. The van der Waals surface area contributed by atoms with Crippen molar-refractivity contribution in [3.8, 4) is 11.6 Å². The molecule has 4 rings (SSSR count). The van der Waals surface area contributed by atoms with Crippen LogP contribution in [0, 0.1) is 6.92 Å². The van der Waals surface area contributed by atoms with Crippen LogP contribution in [0.2, 0.25) is 5.02 Å². The number of aromatic nitrogens is 4. The second kappa shape index (κ2) is 8.21. The van der Waals surface area contributed by atoms with Crippen molar-refractivity contribution in [1.82, 2.24) is 23.8 Å². The molecule has 0 bridgehead atoms. The third-order valence-corrected chi connectivity index (χ3v) is 7.04. The minimum absolute atomic E-state index is 0.0752. The summed E-state index contributed by atoms with van der Waals surface area (Å²) in [6, 6.07) is 6.46. The second-order valence-corrected chi connectivity index (χ2v) is 9.13. The Balaban J connectivity index is 1.54. The van der Waals surface area contributed by atoms with Crippen molar-refractivity contribution in [2.75, 3.05) is 38.2 Å². The zero-order valence-electron chi connectivity index (χ0n) is 16.6. The number of methoxy groups -OCH3 is 1. The van der Waals surface area contributed by atoms with Crippen LogP contribution in [-0.4, -0.2) is 65.5 Å². The molecule has 11 heteroatoms. The summed E-state index contributed by atoms with van der Waals surface area (Å²) in [5.74, 6) is 2.38. The molecule has 3 aromatic rings. The van der Waals surface area contributed by atoms with Gasteiger partial charge in [0.1, 0.15) is 34.4 Å². The normalized spacial score (nSPS) is 15.4. The van der Waals surface area contributed by atoms with E-state index in [0.29, 0.717) is 42.8 Å². The van der Waals surface area contributed by atoms with Crippen LogP contribution in [0.5, 0.6) is 5.75 Å². The highest BCUT2D eigenvalue weighted by Gasteiger charge is 2.31. The quantitative estimate of drug-likeness (QED) is 0.590. The zero-order chi connectivity index (χ0) is 21.3. The Morgan fingerprint density at radius 3 is 2.47 bits per heavy atom. The number of ether oxygens (including phenoxy) is 1. The van der Waals surface area contributed by atoms with Gasteiger partial charge in [-0.3, -0.25) is 4.57 Å². The van der Waals surface area contributed by atoms with Gasteiger partial charge in [-0.25, -0.2) is 23.4 Å². The van der Waals surface area contributed by atoms with Gasteiger partial charge in [0.15, 0.2) is 0 Å². The number of aryl methyl sites for hydroxylation is 1. The lowest BCUT2D eigenvalue weighted by Crippen LogP contribution is -2.49. The molecule has 158 valence electrons. The number of benzene rings is 1. The summed E-state index contributed by atoms with van der Waals surface area (Å²) in [5, 5.41) is 0.344. The van der Waals surface area contributed by atoms with Crippen molar-refractivity contribution in [2.45, 2.75) is 11.8 Å². The number of nitrogens with zero attached hydrogens (tertiary/aromatic N) is 6. The monoisotopic (exact) mass is 448 g/mol. The van der Waals surface area contributed by atoms with Crippen LogP contribution >= 0.6 is 11.6 Å². The van der Waals surface area contributed by atoms with Crippen molar-refractivity contribution in [3.63, 3.8) is 0 Å². The lowest BCUT2D eigenvalue weighted by molar-refractivity contribution is 0.373. The standard InChI is InChI=1S/C19H21ClN6O3S/c1-14-22-18(12-19(23-14)25-6-5-21-13-25)24-7-9-26(10-8-24)30(27,28)17-11-15(20)3-4-16(17)29-2/h3-6,11-13H,7-10H2,1-2H3. The Morgan fingerprint density at radius 1 is 1.07 bits per heavy atom. The van der Waals surface area contributed by atoms with Gasteiger partial charge in [-0.15, -0.1) is 0 Å². The molecule has 0 amide bonds. The molecule has 0 aliphatic carbocycles. The molecule has 0 atom stereocenters. The van der Waals surface area contributed by atoms with Gasteiger partial charge in [-0.2, -0.15) is 4.31 Å². The highest BCUT2D eigenvalue weighted by atomic mass is 35.5. The molecule has 0 radical (unpaired) electrons. The number of imidazole rings is 1. The van der Waals surface area contributed by atoms with Crippen molar-refractivity contribution in [2.24, 2.45) is 0 Å². The molecule has 9 nitrogen and oxygen atoms in total. The van der Waals surface area contributed by atoms with Crippen molar-refractivity contribution in [3.05, 3.63) is 53.8 Å². The van der Waals surface area contributed by atoms with Crippen LogP contribution < -0.4 is 9.64 Å². The average molecular weight is 449 g/mol. The smallest absolute Gasteiger partial charge is 0.246 e. The molecule has 1 aliphatic heterocycles. The second-order valence-electron chi connectivity index (χ2n) is 6.79. The van der Waals surface area contributed by atoms with E-state index in [0.717, 1.165) is 5.82 Å². The molecule has 1 saturated heterocycles. The van der Waals surface area contributed by atoms with Crippen LogP contribution in [0.15, 0.2) is 47.9 Å². The lowest BCUT2D eigenvalue weighted by atomic mass is 10.3. The molecule has 1 aliphatic rings. The van der Waals surface area contributed by atoms with Gasteiger partial charge in [0.2, 0.25) is 10.0 Å². The molecule has 30 heavy (non-hydrogen) atoms. The van der Waals surface area contributed by atoms with E-state index in [1.807, 2.05) is 23.8 Å². The molecule has 1 fully saturated rings. The molecule has 0 saturated carbocycles. The summed E-state index contributed by atoms with van der Waals surface area (Å²) in [5.41, 5.74) is 0. The summed E-state index contributed by atoms with van der Waals surface area (Å²) in [6.07, 6.45) is 5.17. The molecule has 3 heterocycles. The maximum atomic E-state index is 13.2.